The molecule has 150 valence electrons. The third kappa shape index (κ3) is 5.18. The van der Waals surface area contributed by atoms with E-state index in [0.717, 1.165) is 34.3 Å². The number of nitrogens with one attached hydrogen (secondary N) is 1. The molecular weight excluding hydrogens is 396 g/mol. The van der Waals surface area contributed by atoms with E-state index in [0.29, 0.717) is 30.4 Å². The van der Waals surface area contributed by atoms with Crippen LogP contribution in [0.25, 0.3) is 0 Å². The molecule has 1 aromatic carbocycles. The Kier molecular flexibility index (Phi) is 6.82. The SMILES string of the molecule is CCOc1ccc(C[NH+](C)Cn2nc(Cc3csc(C)n3)oc2=S)cc1OC. The van der Waals surface area contributed by atoms with Crippen LogP contribution in [0.15, 0.2) is 28.0 Å². The molecule has 0 aliphatic heterocycles. The molecule has 3 rings (SSSR count). The summed E-state index contributed by atoms with van der Waals surface area (Å²) in [6, 6.07) is 6.00. The van der Waals surface area contributed by atoms with Crippen LogP contribution in [-0.4, -0.2) is 35.5 Å². The van der Waals surface area contributed by atoms with Crippen LogP contribution in [0.1, 0.15) is 29.1 Å². The van der Waals surface area contributed by atoms with Crippen LogP contribution in [0, 0.1) is 11.8 Å². The van der Waals surface area contributed by atoms with Crippen molar-refractivity contribution in [3.05, 3.63) is 50.6 Å². The number of nitrogens with zero attached hydrogens (tertiary/aromatic N) is 3. The highest BCUT2D eigenvalue weighted by atomic mass is 32.1. The fourth-order valence-electron chi connectivity index (χ4n) is 2.92. The molecule has 0 saturated carbocycles. The summed E-state index contributed by atoms with van der Waals surface area (Å²) < 4.78 is 18.4. The van der Waals surface area contributed by atoms with E-state index in [1.54, 1.807) is 23.1 Å². The molecule has 0 bridgehead atoms. The van der Waals surface area contributed by atoms with Gasteiger partial charge in [0.15, 0.2) is 18.2 Å². The van der Waals surface area contributed by atoms with Gasteiger partial charge in [0.05, 0.1) is 37.9 Å². The summed E-state index contributed by atoms with van der Waals surface area (Å²) in [6.45, 7) is 5.94. The first-order valence-corrected chi connectivity index (χ1v) is 10.4. The fraction of sp³-hybridized carbons (Fsp3) is 0.421. The number of hydrogen-bond acceptors (Lipinski definition) is 7. The second-order valence-electron chi connectivity index (χ2n) is 6.51. The molecule has 0 aliphatic rings. The van der Waals surface area contributed by atoms with Crippen LogP contribution in [0.3, 0.4) is 0 Å². The molecule has 1 unspecified atom stereocenters. The predicted molar refractivity (Wildman–Crippen MR) is 110 cm³/mol. The monoisotopic (exact) mass is 421 g/mol. The average Bonchev–Trinajstić information content (AvgIpc) is 3.21. The minimum absolute atomic E-state index is 0.380. The number of thiazole rings is 1. The predicted octanol–water partition coefficient (Wildman–Crippen LogP) is 2.64. The number of quaternary nitrogens is 1. The molecule has 0 fully saturated rings. The van der Waals surface area contributed by atoms with E-state index in [2.05, 4.69) is 23.2 Å². The Morgan fingerprint density at radius 3 is 2.82 bits per heavy atom. The number of aryl methyl sites for hydroxylation is 1. The summed E-state index contributed by atoms with van der Waals surface area (Å²) >= 11 is 6.95. The van der Waals surface area contributed by atoms with Gasteiger partial charge in [0.2, 0.25) is 5.89 Å². The molecule has 1 N–H and O–H groups in total. The molecule has 7 nitrogen and oxygen atoms in total. The van der Waals surface area contributed by atoms with Gasteiger partial charge in [0.1, 0.15) is 6.54 Å². The smallest absolute Gasteiger partial charge is 0.291 e. The molecule has 0 saturated heterocycles. The van der Waals surface area contributed by atoms with Gasteiger partial charge in [-0.3, -0.25) is 0 Å². The van der Waals surface area contributed by atoms with E-state index in [1.807, 2.05) is 31.4 Å². The van der Waals surface area contributed by atoms with E-state index in [1.165, 1.54) is 4.90 Å². The zero-order valence-electron chi connectivity index (χ0n) is 16.5. The maximum atomic E-state index is 5.64. The van der Waals surface area contributed by atoms with Crippen molar-refractivity contribution in [2.45, 2.75) is 33.5 Å². The Morgan fingerprint density at radius 1 is 1.32 bits per heavy atom. The first kappa shape index (κ1) is 20.5. The minimum atomic E-state index is 0.380. The summed E-state index contributed by atoms with van der Waals surface area (Å²) in [5.74, 6) is 2.09. The number of methoxy groups -OCH3 is 1. The van der Waals surface area contributed by atoms with Gasteiger partial charge >= 0.3 is 0 Å². The van der Waals surface area contributed by atoms with Crippen molar-refractivity contribution >= 4 is 23.6 Å². The van der Waals surface area contributed by atoms with E-state index in [9.17, 15) is 0 Å². The number of hydrogen-bond donors (Lipinski definition) is 1. The van der Waals surface area contributed by atoms with Crippen molar-refractivity contribution in [1.29, 1.82) is 0 Å². The highest BCUT2D eigenvalue weighted by molar-refractivity contribution is 7.71. The number of rotatable bonds is 9. The van der Waals surface area contributed by atoms with Crippen molar-refractivity contribution in [2.75, 3.05) is 20.8 Å². The lowest BCUT2D eigenvalue weighted by Gasteiger charge is -2.15. The molecule has 0 spiro atoms. The van der Waals surface area contributed by atoms with Crippen LogP contribution >= 0.6 is 23.6 Å². The van der Waals surface area contributed by atoms with Gasteiger partial charge in [-0.1, -0.05) is 0 Å². The molecule has 9 heteroatoms. The maximum Gasteiger partial charge on any atom is 0.291 e. The summed E-state index contributed by atoms with van der Waals surface area (Å²) in [5, 5.41) is 7.56. The molecule has 2 heterocycles. The van der Waals surface area contributed by atoms with E-state index in [4.69, 9.17) is 26.1 Å². The van der Waals surface area contributed by atoms with Gasteiger partial charge in [-0.2, -0.15) is 4.68 Å². The summed E-state index contributed by atoms with van der Waals surface area (Å²) in [6.07, 6.45) is 0.552. The van der Waals surface area contributed by atoms with Gasteiger partial charge < -0.3 is 18.8 Å². The largest absolute Gasteiger partial charge is 0.493 e. The summed E-state index contributed by atoms with van der Waals surface area (Å²) in [4.78, 5) is 6.04. The molecule has 0 aliphatic carbocycles. The third-order valence-electron chi connectivity index (χ3n) is 4.10. The molecule has 3 aromatic rings. The van der Waals surface area contributed by atoms with Crippen LogP contribution in [-0.2, 0) is 19.6 Å². The number of ether oxygens (including phenoxy) is 2. The van der Waals surface area contributed by atoms with Gasteiger partial charge in [-0.05, 0) is 44.3 Å². The highest BCUT2D eigenvalue weighted by Gasteiger charge is 2.13. The van der Waals surface area contributed by atoms with Gasteiger partial charge in [-0.25, -0.2) is 4.98 Å². The van der Waals surface area contributed by atoms with Gasteiger partial charge in [0, 0.05) is 10.9 Å². The zero-order valence-corrected chi connectivity index (χ0v) is 18.2. The minimum Gasteiger partial charge on any atom is -0.493 e. The second kappa shape index (κ2) is 9.31. The summed E-state index contributed by atoms with van der Waals surface area (Å²) in [5.41, 5.74) is 2.10. The topological polar surface area (TPSA) is 66.8 Å². The Balaban J connectivity index is 1.64. The van der Waals surface area contributed by atoms with Crippen molar-refractivity contribution in [1.82, 2.24) is 14.8 Å². The molecule has 28 heavy (non-hydrogen) atoms. The van der Waals surface area contributed by atoms with Crippen LogP contribution in [0.5, 0.6) is 11.5 Å². The lowest BCUT2D eigenvalue weighted by Crippen LogP contribution is -3.07. The zero-order chi connectivity index (χ0) is 20.1. The first-order valence-electron chi connectivity index (χ1n) is 9.07. The summed E-state index contributed by atoms with van der Waals surface area (Å²) in [7, 11) is 3.74. The molecule has 0 radical (unpaired) electrons. The number of aromatic nitrogens is 3. The normalized spacial score (nSPS) is 12.1. The average molecular weight is 422 g/mol. The second-order valence-corrected chi connectivity index (χ2v) is 7.92. The quantitative estimate of drug-likeness (QED) is 0.536. The fourth-order valence-corrected chi connectivity index (χ4v) is 3.74. The van der Waals surface area contributed by atoms with E-state index in [-0.39, 0.29) is 0 Å². The van der Waals surface area contributed by atoms with Crippen molar-refractivity contribution in [2.24, 2.45) is 0 Å². The van der Waals surface area contributed by atoms with Crippen molar-refractivity contribution < 1.29 is 18.8 Å². The Morgan fingerprint density at radius 2 is 2.14 bits per heavy atom. The Bertz CT molecular complexity index is 980. The third-order valence-corrected chi connectivity index (χ3v) is 5.22. The number of benzene rings is 1. The Labute approximate surface area is 173 Å². The molecule has 0 amide bonds. The van der Waals surface area contributed by atoms with Crippen LogP contribution in [0.2, 0.25) is 0 Å². The molecule has 2 aromatic heterocycles. The highest BCUT2D eigenvalue weighted by Crippen LogP contribution is 2.27. The standard InChI is InChI=1S/C19H24N4O3S2/c1-5-25-16-7-6-14(8-17(16)24-4)10-22(3)12-23-19(27)26-18(21-23)9-15-11-28-13(2)20-15/h6-8,11H,5,9-10,12H2,1-4H3/p+1. The molecular formula is C19H25N4O3S2+. The maximum absolute atomic E-state index is 5.64. The van der Waals surface area contributed by atoms with Crippen molar-refractivity contribution in [3.63, 3.8) is 0 Å². The van der Waals surface area contributed by atoms with E-state index >= 15 is 0 Å². The van der Waals surface area contributed by atoms with Crippen molar-refractivity contribution in [3.8, 4) is 11.5 Å². The molecule has 1 atom stereocenters. The lowest BCUT2D eigenvalue weighted by atomic mass is 10.2. The Hall–Kier alpha value is -2.23. The van der Waals surface area contributed by atoms with E-state index < -0.39 is 0 Å². The first-order chi connectivity index (χ1) is 13.5. The van der Waals surface area contributed by atoms with Crippen LogP contribution < -0.4 is 14.4 Å². The van der Waals surface area contributed by atoms with Crippen LogP contribution in [0.4, 0.5) is 0 Å². The van der Waals surface area contributed by atoms with Gasteiger partial charge in [-0.15, -0.1) is 16.4 Å². The van der Waals surface area contributed by atoms with Gasteiger partial charge in [0.25, 0.3) is 4.84 Å². The lowest BCUT2D eigenvalue weighted by molar-refractivity contribution is -0.917.